The third-order valence-electron chi connectivity index (χ3n) is 4.27. The number of amides is 1. The van der Waals surface area contributed by atoms with Crippen molar-refractivity contribution in [1.29, 1.82) is 0 Å². The van der Waals surface area contributed by atoms with Crippen LogP contribution in [-0.4, -0.2) is 72.2 Å². The summed E-state index contributed by atoms with van der Waals surface area (Å²) in [7, 11) is 0.335. The average Bonchev–Trinajstić information content (AvgIpc) is 3.11. The molecule has 2 aromatic heterocycles. The number of likely N-dealkylation sites (tertiary alicyclic amines) is 1. The SMILES string of the molecule is CN(C)c1ncc(C(=O)N2CCC(c3nnsc3S(C)(=O)=O)CC2)cn1. The predicted octanol–water partition coefficient (Wildman–Crippen LogP) is 0.817. The Morgan fingerprint density at radius 3 is 2.38 bits per heavy atom. The molecule has 1 aliphatic heterocycles. The molecule has 2 aromatic rings. The van der Waals surface area contributed by atoms with E-state index in [2.05, 4.69) is 19.6 Å². The Balaban J connectivity index is 1.67. The van der Waals surface area contributed by atoms with E-state index in [-0.39, 0.29) is 16.0 Å². The molecule has 1 fully saturated rings. The zero-order valence-electron chi connectivity index (χ0n) is 14.8. The minimum absolute atomic E-state index is 0.00473. The van der Waals surface area contributed by atoms with Crippen molar-refractivity contribution in [1.82, 2.24) is 24.5 Å². The van der Waals surface area contributed by atoms with Crippen molar-refractivity contribution in [3.8, 4) is 0 Å². The van der Waals surface area contributed by atoms with Gasteiger partial charge in [-0.1, -0.05) is 4.49 Å². The first-order valence-corrected chi connectivity index (χ1v) is 10.7. The normalized spacial score (nSPS) is 15.9. The Labute approximate surface area is 156 Å². The van der Waals surface area contributed by atoms with E-state index in [4.69, 9.17) is 0 Å². The van der Waals surface area contributed by atoms with Gasteiger partial charge in [0.05, 0.1) is 11.3 Å². The van der Waals surface area contributed by atoms with Crippen LogP contribution in [-0.2, 0) is 9.84 Å². The molecule has 0 unspecified atom stereocenters. The molecule has 11 heteroatoms. The third-order valence-corrected chi connectivity index (χ3v) is 6.83. The average molecular weight is 396 g/mol. The first kappa shape index (κ1) is 18.6. The van der Waals surface area contributed by atoms with Gasteiger partial charge in [0.2, 0.25) is 5.95 Å². The Hall–Kier alpha value is -2.14. The van der Waals surface area contributed by atoms with Crippen LogP contribution in [0.3, 0.4) is 0 Å². The largest absolute Gasteiger partial charge is 0.347 e. The van der Waals surface area contributed by atoms with Gasteiger partial charge in [-0.05, 0) is 12.8 Å². The topological polar surface area (TPSA) is 109 Å². The number of sulfone groups is 1. The molecular formula is C15H20N6O3S2. The number of piperidine rings is 1. The van der Waals surface area contributed by atoms with Crippen LogP contribution >= 0.6 is 11.5 Å². The van der Waals surface area contributed by atoms with Crippen LogP contribution in [0.15, 0.2) is 16.6 Å². The maximum Gasteiger partial charge on any atom is 0.256 e. The summed E-state index contributed by atoms with van der Waals surface area (Å²) in [6, 6.07) is 0. The van der Waals surface area contributed by atoms with Gasteiger partial charge >= 0.3 is 0 Å². The summed E-state index contributed by atoms with van der Waals surface area (Å²) >= 11 is 0.908. The predicted molar refractivity (Wildman–Crippen MR) is 97.3 cm³/mol. The number of hydrogen-bond acceptors (Lipinski definition) is 9. The van der Waals surface area contributed by atoms with E-state index in [1.165, 1.54) is 18.6 Å². The molecule has 1 saturated heterocycles. The Morgan fingerprint density at radius 2 is 1.85 bits per heavy atom. The summed E-state index contributed by atoms with van der Waals surface area (Å²) < 4.78 is 27.7. The van der Waals surface area contributed by atoms with Crippen LogP contribution in [0, 0.1) is 0 Å². The summed E-state index contributed by atoms with van der Waals surface area (Å²) in [5, 5.41) is 4.02. The quantitative estimate of drug-likeness (QED) is 0.747. The van der Waals surface area contributed by atoms with Gasteiger partial charge in [0.1, 0.15) is 0 Å². The van der Waals surface area contributed by atoms with E-state index in [1.807, 2.05) is 14.1 Å². The monoisotopic (exact) mass is 396 g/mol. The van der Waals surface area contributed by atoms with E-state index >= 15 is 0 Å². The van der Waals surface area contributed by atoms with Gasteiger partial charge in [-0.15, -0.1) is 5.10 Å². The van der Waals surface area contributed by atoms with E-state index in [1.54, 1.807) is 9.80 Å². The molecule has 3 rings (SSSR count). The van der Waals surface area contributed by atoms with Gasteiger partial charge in [0.25, 0.3) is 5.91 Å². The van der Waals surface area contributed by atoms with Crippen LogP contribution < -0.4 is 4.90 Å². The maximum atomic E-state index is 12.6. The molecule has 0 radical (unpaired) electrons. The number of aromatic nitrogens is 4. The lowest BCUT2D eigenvalue weighted by Gasteiger charge is -2.31. The van der Waals surface area contributed by atoms with E-state index in [0.29, 0.717) is 43.1 Å². The molecule has 0 spiro atoms. The lowest BCUT2D eigenvalue weighted by atomic mass is 9.94. The summed E-state index contributed by atoms with van der Waals surface area (Å²) in [6.45, 7) is 1.05. The molecular weight excluding hydrogens is 376 g/mol. The van der Waals surface area contributed by atoms with Gasteiger partial charge < -0.3 is 9.80 Å². The Morgan fingerprint density at radius 1 is 1.23 bits per heavy atom. The molecule has 0 saturated carbocycles. The Kier molecular flexibility index (Phi) is 5.19. The minimum Gasteiger partial charge on any atom is -0.347 e. The number of rotatable bonds is 4. The number of nitrogens with zero attached hydrogens (tertiary/aromatic N) is 6. The molecule has 3 heterocycles. The van der Waals surface area contributed by atoms with Crippen LogP contribution in [0.1, 0.15) is 34.8 Å². The van der Waals surface area contributed by atoms with Crippen LogP contribution in [0.2, 0.25) is 0 Å². The zero-order chi connectivity index (χ0) is 18.9. The van der Waals surface area contributed by atoms with Crippen LogP contribution in [0.5, 0.6) is 0 Å². The van der Waals surface area contributed by atoms with Crippen molar-refractivity contribution in [2.45, 2.75) is 23.0 Å². The van der Waals surface area contributed by atoms with Gasteiger partial charge in [-0.3, -0.25) is 4.79 Å². The highest BCUT2D eigenvalue weighted by Gasteiger charge is 2.30. The molecule has 0 aliphatic carbocycles. The molecule has 0 aromatic carbocycles. The lowest BCUT2D eigenvalue weighted by molar-refractivity contribution is 0.0710. The minimum atomic E-state index is -3.33. The molecule has 1 amide bonds. The second kappa shape index (κ2) is 7.23. The van der Waals surface area contributed by atoms with Crippen molar-refractivity contribution in [2.75, 3.05) is 38.3 Å². The fourth-order valence-corrected chi connectivity index (χ4v) is 4.63. The van der Waals surface area contributed by atoms with E-state index in [0.717, 1.165) is 11.5 Å². The second-order valence-corrected chi connectivity index (χ2v) is 9.42. The first-order chi connectivity index (χ1) is 12.3. The third kappa shape index (κ3) is 3.83. The highest BCUT2D eigenvalue weighted by molar-refractivity contribution is 7.92. The Bertz CT molecular complexity index is 886. The van der Waals surface area contributed by atoms with Crippen LogP contribution in [0.25, 0.3) is 0 Å². The number of carbonyl (C=O) groups is 1. The number of hydrogen-bond donors (Lipinski definition) is 0. The lowest BCUT2D eigenvalue weighted by Crippen LogP contribution is -2.38. The van der Waals surface area contributed by atoms with Crippen LogP contribution in [0.4, 0.5) is 5.95 Å². The highest BCUT2D eigenvalue weighted by Crippen LogP contribution is 2.32. The van der Waals surface area contributed by atoms with Gasteiger partial charge in [0.15, 0.2) is 14.0 Å². The molecule has 0 bridgehead atoms. The zero-order valence-corrected chi connectivity index (χ0v) is 16.4. The molecule has 26 heavy (non-hydrogen) atoms. The fourth-order valence-electron chi connectivity index (χ4n) is 2.90. The van der Waals surface area contributed by atoms with Crippen molar-refractivity contribution < 1.29 is 13.2 Å². The van der Waals surface area contributed by atoms with Crippen molar-refractivity contribution >= 4 is 33.2 Å². The highest BCUT2D eigenvalue weighted by atomic mass is 32.2. The number of anilines is 1. The molecule has 0 N–H and O–H groups in total. The van der Waals surface area contributed by atoms with Crippen molar-refractivity contribution in [3.05, 3.63) is 23.7 Å². The maximum absolute atomic E-state index is 12.6. The second-order valence-electron chi connectivity index (χ2n) is 6.45. The van der Waals surface area contributed by atoms with E-state index in [9.17, 15) is 13.2 Å². The summed E-state index contributed by atoms with van der Waals surface area (Å²) in [5.41, 5.74) is 0.976. The first-order valence-electron chi connectivity index (χ1n) is 8.08. The van der Waals surface area contributed by atoms with Gasteiger partial charge in [-0.25, -0.2) is 18.4 Å². The summed E-state index contributed by atoms with van der Waals surface area (Å²) in [6.07, 6.45) is 5.53. The molecule has 0 atom stereocenters. The molecule has 1 aliphatic rings. The fraction of sp³-hybridized carbons (Fsp3) is 0.533. The smallest absolute Gasteiger partial charge is 0.256 e. The van der Waals surface area contributed by atoms with Crippen molar-refractivity contribution in [3.63, 3.8) is 0 Å². The molecule has 140 valence electrons. The standard InChI is InChI=1S/C15H20N6O3S2/c1-20(2)15-16-8-11(9-17-15)13(22)21-6-4-10(5-7-21)12-14(25-19-18-12)26(3,23)24/h8-10H,4-7H2,1-3H3. The van der Waals surface area contributed by atoms with Gasteiger partial charge in [-0.2, -0.15) is 0 Å². The van der Waals surface area contributed by atoms with Gasteiger partial charge in [0, 0.05) is 63.3 Å². The molecule has 9 nitrogen and oxygen atoms in total. The summed E-state index contributed by atoms with van der Waals surface area (Å²) in [4.78, 5) is 24.5. The van der Waals surface area contributed by atoms with Crippen molar-refractivity contribution in [2.24, 2.45) is 0 Å². The number of carbonyl (C=O) groups excluding carboxylic acids is 1. The van der Waals surface area contributed by atoms with E-state index < -0.39 is 9.84 Å². The summed E-state index contributed by atoms with van der Waals surface area (Å²) in [5.74, 6) is 0.424.